The van der Waals surface area contributed by atoms with Gasteiger partial charge in [0.05, 0.1) is 0 Å². The van der Waals surface area contributed by atoms with E-state index < -0.39 is 7.60 Å². The molecular weight excluding hydrogens is 251 g/mol. The maximum atomic E-state index is 12.5. The average molecular weight is 266 g/mol. The van der Waals surface area contributed by atoms with E-state index in [1.165, 1.54) is 0 Å². The molecule has 1 aliphatic carbocycles. The standard InChI is InChI=1S/C13H15O4P/c14-13(10-6-2-1-3-7-10)18(15)16-11-8-4-5-9-12(11)17-18/h4-5,8-10H,1-3,6-7H2. The molecule has 0 unspecified atom stereocenters. The second-order valence-corrected chi connectivity index (χ2v) is 6.60. The van der Waals surface area contributed by atoms with Gasteiger partial charge in [-0.05, 0) is 25.0 Å². The summed E-state index contributed by atoms with van der Waals surface area (Å²) in [5.41, 5.74) is -0.349. The Labute approximate surface area is 106 Å². The van der Waals surface area contributed by atoms with E-state index in [1.807, 2.05) is 0 Å². The number of benzene rings is 1. The van der Waals surface area contributed by atoms with Crippen LogP contribution in [0.3, 0.4) is 0 Å². The SMILES string of the molecule is O=C(C1CCCCC1)P1(=O)Oc2ccccc2O1. The zero-order chi connectivity index (χ0) is 12.6. The Morgan fingerprint density at radius 1 is 1.06 bits per heavy atom. The summed E-state index contributed by atoms with van der Waals surface area (Å²) in [7, 11) is -3.65. The van der Waals surface area contributed by atoms with Crippen molar-refractivity contribution >= 4 is 13.1 Å². The van der Waals surface area contributed by atoms with Crippen molar-refractivity contribution in [1.82, 2.24) is 0 Å². The van der Waals surface area contributed by atoms with Gasteiger partial charge in [-0.2, -0.15) is 0 Å². The Morgan fingerprint density at radius 2 is 1.61 bits per heavy atom. The fraction of sp³-hybridized carbons (Fsp3) is 0.462. The molecule has 0 bridgehead atoms. The molecule has 18 heavy (non-hydrogen) atoms. The lowest BCUT2D eigenvalue weighted by molar-refractivity contribution is -0.117. The first-order chi connectivity index (χ1) is 8.69. The maximum Gasteiger partial charge on any atom is 0.498 e. The van der Waals surface area contributed by atoms with Gasteiger partial charge in [0.15, 0.2) is 11.5 Å². The van der Waals surface area contributed by atoms with Gasteiger partial charge in [0, 0.05) is 5.92 Å². The first kappa shape index (κ1) is 11.8. The van der Waals surface area contributed by atoms with Crippen LogP contribution >= 0.6 is 7.60 Å². The molecule has 3 rings (SSSR count). The van der Waals surface area contributed by atoms with Gasteiger partial charge >= 0.3 is 7.60 Å². The Bertz CT molecular complexity index is 490. The molecule has 0 spiro atoms. The van der Waals surface area contributed by atoms with Crippen molar-refractivity contribution in [2.24, 2.45) is 5.92 Å². The lowest BCUT2D eigenvalue weighted by atomic mass is 9.90. The van der Waals surface area contributed by atoms with E-state index in [-0.39, 0.29) is 11.4 Å². The number of hydrogen-bond acceptors (Lipinski definition) is 4. The van der Waals surface area contributed by atoms with Crippen molar-refractivity contribution < 1.29 is 18.4 Å². The molecular formula is C13H15O4P. The van der Waals surface area contributed by atoms with Crippen LogP contribution in [0, 0.1) is 5.92 Å². The van der Waals surface area contributed by atoms with Gasteiger partial charge in [0.2, 0.25) is 0 Å². The Kier molecular flexibility index (Phi) is 2.90. The first-order valence-electron chi connectivity index (χ1n) is 6.32. The van der Waals surface area contributed by atoms with Crippen molar-refractivity contribution in [2.45, 2.75) is 32.1 Å². The molecule has 1 aromatic rings. The van der Waals surface area contributed by atoms with Crippen LogP contribution in [0.4, 0.5) is 0 Å². The molecule has 0 atom stereocenters. The highest BCUT2D eigenvalue weighted by molar-refractivity contribution is 7.72. The summed E-state index contributed by atoms with van der Waals surface area (Å²) in [4.78, 5) is 12.3. The normalized spacial score (nSPS) is 21.8. The molecule has 1 heterocycles. The minimum atomic E-state index is -3.65. The Hall–Kier alpha value is -1.28. The molecule has 2 aliphatic rings. The molecule has 96 valence electrons. The lowest BCUT2D eigenvalue weighted by Crippen LogP contribution is -2.20. The van der Waals surface area contributed by atoms with Gasteiger partial charge in [0.1, 0.15) is 0 Å². The topological polar surface area (TPSA) is 52.6 Å². The molecule has 0 radical (unpaired) electrons. The fourth-order valence-electron chi connectivity index (χ4n) is 2.54. The second kappa shape index (κ2) is 4.43. The van der Waals surface area contributed by atoms with Gasteiger partial charge in [-0.15, -0.1) is 0 Å². The largest absolute Gasteiger partial charge is 0.498 e. The van der Waals surface area contributed by atoms with Crippen LogP contribution in [0.25, 0.3) is 0 Å². The van der Waals surface area contributed by atoms with Crippen LogP contribution in [-0.2, 0) is 9.36 Å². The van der Waals surface area contributed by atoms with Crippen LogP contribution in [0.2, 0.25) is 0 Å². The zero-order valence-electron chi connectivity index (χ0n) is 10.0. The van der Waals surface area contributed by atoms with Gasteiger partial charge < -0.3 is 9.05 Å². The summed E-state index contributed by atoms with van der Waals surface area (Å²) in [5.74, 6) is 0.647. The van der Waals surface area contributed by atoms with E-state index in [1.54, 1.807) is 24.3 Å². The van der Waals surface area contributed by atoms with Gasteiger partial charge in [-0.1, -0.05) is 31.4 Å². The molecule has 0 N–H and O–H groups in total. The predicted molar refractivity (Wildman–Crippen MR) is 66.9 cm³/mol. The number of carbonyl (C=O) groups excluding carboxylic acids is 1. The molecule has 1 saturated carbocycles. The molecule has 1 fully saturated rings. The highest BCUT2D eigenvalue weighted by Gasteiger charge is 2.47. The molecule has 1 aliphatic heterocycles. The monoisotopic (exact) mass is 266 g/mol. The number of hydrogen-bond donors (Lipinski definition) is 0. The summed E-state index contributed by atoms with van der Waals surface area (Å²) in [6, 6.07) is 6.87. The van der Waals surface area contributed by atoms with E-state index in [0.29, 0.717) is 11.5 Å². The first-order valence-corrected chi connectivity index (χ1v) is 7.86. The lowest BCUT2D eigenvalue weighted by Gasteiger charge is -2.21. The van der Waals surface area contributed by atoms with Gasteiger partial charge in [-0.25, -0.2) is 4.57 Å². The Morgan fingerprint density at radius 3 is 2.17 bits per heavy atom. The minimum Gasteiger partial charge on any atom is -0.407 e. The van der Waals surface area contributed by atoms with Crippen molar-refractivity contribution in [1.29, 1.82) is 0 Å². The van der Waals surface area contributed by atoms with Crippen molar-refractivity contribution in [3.8, 4) is 11.5 Å². The summed E-state index contributed by atoms with van der Waals surface area (Å²) >= 11 is 0. The number of rotatable bonds is 2. The van der Waals surface area contributed by atoms with E-state index in [0.717, 1.165) is 32.1 Å². The molecule has 0 saturated heterocycles. The number of carbonyl (C=O) groups is 1. The third-order valence-corrected chi connectivity index (χ3v) is 5.29. The Balaban J connectivity index is 1.81. The molecule has 0 amide bonds. The quantitative estimate of drug-likeness (QED) is 0.765. The third-order valence-electron chi connectivity index (χ3n) is 3.51. The predicted octanol–water partition coefficient (Wildman–Crippen LogP) is 3.76. The third kappa shape index (κ3) is 1.95. The number of para-hydroxylation sites is 2. The average Bonchev–Trinajstić information content (AvgIpc) is 2.76. The van der Waals surface area contributed by atoms with Crippen LogP contribution in [0.1, 0.15) is 32.1 Å². The summed E-state index contributed by atoms with van der Waals surface area (Å²) < 4.78 is 23.1. The summed E-state index contributed by atoms with van der Waals surface area (Å²) in [6.07, 6.45) is 4.78. The van der Waals surface area contributed by atoms with Gasteiger partial charge in [0.25, 0.3) is 5.52 Å². The summed E-state index contributed by atoms with van der Waals surface area (Å²) in [5, 5.41) is 0. The smallest absolute Gasteiger partial charge is 0.407 e. The van der Waals surface area contributed by atoms with Crippen LogP contribution in [0.15, 0.2) is 24.3 Å². The second-order valence-electron chi connectivity index (χ2n) is 4.80. The summed E-state index contributed by atoms with van der Waals surface area (Å²) in [6.45, 7) is 0. The van der Waals surface area contributed by atoms with Crippen molar-refractivity contribution in [3.63, 3.8) is 0 Å². The van der Waals surface area contributed by atoms with Crippen LogP contribution < -0.4 is 9.05 Å². The minimum absolute atomic E-state index is 0.168. The van der Waals surface area contributed by atoms with Crippen molar-refractivity contribution in [2.75, 3.05) is 0 Å². The highest BCUT2D eigenvalue weighted by Crippen LogP contribution is 2.60. The fourth-order valence-corrected chi connectivity index (χ4v) is 4.28. The number of fused-ring (bicyclic) bond motifs is 1. The van der Waals surface area contributed by atoms with Crippen LogP contribution in [0.5, 0.6) is 11.5 Å². The van der Waals surface area contributed by atoms with E-state index in [4.69, 9.17) is 9.05 Å². The molecule has 5 heteroatoms. The van der Waals surface area contributed by atoms with Crippen LogP contribution in [-0.4, -0.2) is 5.52 Å². The van der Waals surface area contributed by atoms with E-state index in [2.05, 4.69) is 0 Å². The van der Waals surface area contributed by atoms with E-state index >= 15 is 0 Å². The molecule has 1 aromatic carbocycles. The molecule has 4 nitrogen and oxygen atoms in total. The molecule has 0 aromatic heterocycles. The maximum absolute atomic E-state index is 12.5. The highest BCUT2D eigenvalue weighted by atomic mass is 31.2. The van der Waals surface area contributed by atoms with E-state index in [9.17, 15) is 9.36 Å². The zero-order valence-corrected chi connectivity index (χ0v) is 10.9. The van der Waals surface area contributed by atoms with Crippen molar-refractivity contribution in [3.05, 3.63) is 24.3 Å². The van der Waals surface area contributed by atoms with Gasteiger partial charge in [-0.3, -0.25) is 4.79 Å².